The number of likely N-dealkylation sites (tertiary alicyclic amines) is 1. The highest BCUT2D eigenvalue weighted by Crippen LogP contribution is 2.22. The third-order valence-electron chi connectivity index (χ3n) is 5.02. The van der Waals surface area contributed by atoms with Crippen LogP contribution in [0, 0.1) is 12.8 Å². The Kier molecular flexibility index (Phi) is 6.24. The Balaban J connectivity index is 1.58. The van der Waals surface area contributed by atoms with E-state index in [0.717, 1.165) is 31.5 Å². The third-order valence-corrected chi connectivity index (χ3v) is 6.40. The highest BCUT2D eigenvalue weighted by molar-refractivity contribution is 7.92. The minimum absolute atomic E-state index is 0.0372. The molecule has 0 aromatic heterocycles. The molecule has 0 spiro atoms. The van der Waals surface area contributed by atoms with Gasteiger partial charge in [0.2, 0.25) is 0 Å². The summed E-state index contributed by atoms with van der Waals surface area (Å²) in [7, 11) is -3.69. The molecule has 0 bridgehead atoms. The Morgan fingerprint density at radius 3 is 2.39 bits per heavy atom. The number of rotatable bonds is 6. The predicted octanol–water partition coefficient (Wildman–Crippen LogP) is 3.43. The maximum atomic E-state index is 12.6. The zero-order valence-electron chi connectivity index (χ0n) is 16.2. The van der Waals surface area contributed by atoms with E-state index in [4.69, 9.17) is 4.74 Å². The van der Waals surface area contributed by atoms with Crippen LogP contribution in [0.4, 0.5) is 5.69 Å². The number of hydrogen-bond donors (Lipinski definition) is 1. The zero-order valence-corrected chi connectivity index (χ0v) is 17.0. The van der Waals surface area contributed by atoms with Crippen molar-refractivity contribution in [3.63, 3.8) is 0 Å². The van der Waals surface area contributed by atoms with Crippen molar-refractivity contribution in [2.24, 2.45) is 5.92 Å². The minimum Gasteiger partial charge on any atom is -0.484 e. The van der Waals surface area contributed by atoms with Gasteiger partial charge in [-0.2, -0.15) is 0 Å². The molecule has 3 rings (SSSR count). The predicted molar refractivity (Wildman–Crippen MR) is 109 cm³/mol. The molecule has 1 amide bonds. The van der Waals surface area contributed by atoms with Gasteiger partial charge in [0, 0.05) is 13.1 Å². The molecule has 1 heterocycles. The Morgan fingerprint density at radius 2 is 1.75 bits per heavy atom. The first kappa shape index (κ1) is 20.2. The van der Waals surface area contributed by atoms with Crippen molar-refractivity contribution in [3.8, 4) is 5.75 Å². The summed E-state index contributed by atoms with van der Waals surface area (Å²) in [5.41, 5.74) is 1.39. The number of aryl methyl sites for hydroxylation is 1. The van der Waals surface area contributed by atoms with Crippen LogP contribution in [0.15, 0.2) is 53.4 Å². The molecule has 28 heavy (non-hydrogen) atoms. The maximum Gasteiger partial charge on any atom is 0.261 e. The molecule has 7 heteroatoms. The van der Waals surface area contributed by atoms with Crippen LogP contribution in [-0.2, 0) is 14.8 Å². The van der Waals surface area contributed by atoms with Gasteiger partial charge >= 0.3 is 0 Å². The highest BCUT2D eigenvalue weighted by Gasteiger charge is 2.20. The molecule has 0 atom stereocenters. The summed E-state index contributed by atoms with van der Waals surface area (Å²) in [4.78, 5) is 14.2. The van der Waals surface area contributed by atoms with E-state index in [1.165, 1.54) is 12.1 Å². The SMILES string of the molecule is Cc1ccccc1NS(=O)(=O)c1ccc(OCC(=O)N2CCC(C)CC2)cc1. The molecular formula is C21H26N2O4S. The molecule has 0 radical (unpaired) electrons. The number of sulfonamides is 1. The van der Waals surface area contributed by atoms with Gasteiger partial charge in [0.1, 0.15) is 5.75 Å². The third kappa shape index (κ3) is 5.04. The van der Waals surface area contributed by atoms with Gasteiger partial charge in [-0.05, 0) is 61.6 Å². The Labute approximate surface area is 166 Å². The summed E-state index contributed by atoms with van der Waals surface area (Å²) in [5.74, 6) is 1.09. The molecule has 0 aliphatic carbocycles. The van der Waals surface area contributed by atoms with Gasteiger partial charge < -0.3 is 9.64 Å². The van der Waals surface area contributed by atoms with E-state index in [1.54, 1.807) is 24.3 Å². The van der Waals surface area contributed by atoms with Gasteiger partial charge in [0.05, 0.1) is 10.6 Å². The van der Waals surface area contributed by atoms with Gasteiger partial charge in [0.15, 0.2) is 6.61 Å². The Bertz CT molecular complexity index is 918. The van der Waals surface area contributed by atoms with Gasteiger partial charge in [-0.25, -0.2) is 8.42 Å². The largest absolute Gasteiger partial charge is 0.484 e. The van der Waals surface area contributed by atoms with Crippen LogP contribution in [0.5, 0.6) is 5.75 Å². The van der Waals surface area contributed by atoms with E-state index < -0.39 is 10.0 Å². The van der Waals surface area contributed by atoms with Crippen molar-refractivity contribution in [3.05, 3.63) is 54.1 Å². The van der Waals surface area contributed by atoms with Crippen LogP contribution in [-0.4, -0.2) is 38.9 Å². The lowest BCUT2D eigenvalue weighted by molar-refractivity contribution is -0.134. The molecule has 2 aromatic rings. The topological polar surface area (TPSA) is 75.7 Å². The molecule has 1 saturated heterocycles. The van der Waals surface area contributed by atoms with E-state index in [2.05, 4.69) is 11.6 Å². The molecule has 1 aliphatic heterocycles. The molecule has 1 N–H and O–H groups in total. The van der Waals surface area contributed by atoms with Crippen LogP contribution in [0.25, 0.3) is 0 Å². The summed E-state index contributed by atoms with van der Waals surface area (Å²) in [6.07, 6.45) is 2.04. The van der Waals surface area contributed by atoms with Crippen LogP contribution < -0.4 is 9.46 Å². The standard InChI is InChI=1S/C21H26N2O4S/c1-16-11-13-23(14-12-16)21(24)15-27-18-7-9-19(10-8-18)28(25,26)22-20-6-4-3-5-17(20)2/h3-10,16,22H,11-15H2,1-2H3. The van der Waals surface area contributed by atoms with Crippen LogP contribution in [0.1, 0.15) is 25.3 Å². The zero-order chi connectivity index (χ0) is 20.1. The molecule has 0 unspecified atom stereocenters. The molecule has 1 aliphatic rings. The van der Waals surface area contributed by atoms with Gasteiger partial charge in [-0.15, -0.1) is 0 Å². The first-order valence-corrected chi connectivity index (χ1v) is 10.9. The highest BCUT2D eigenvalue weighted by atomic mass is 32.2. The summed E-state index contributed by atoms with van der Waals surface area (Å²) in [6.45, 7) is 5.54. The number of piperidine rings is 1. The summed E-state index contributed by atoms with van der Waals surface area (Å²) < 4.78 is 33.2. The van der Waals surface area contributed by atoms with Crippen LogP contribution >= 0.6 is 0 Å². The second kappa shape index (κ2) is 8.65. The van der Waals surface area contributed by atoms with Gasteiger partial charge in [-0.1, -0.05) is 25.1 Å². The summed E-state index contributed by atoms with van der Waals surface area (Å²) in [5, 5.41) is 0. The molecule has 1 fully saturated rings. The van der Waals surface area contributed by atoms with Crippen molar-refractivity contribution < 1.29 is 17.9 Å². The number of benzene rings is 2. The van der Waals surface area contributed by atoms with E-state index >= 15 is 0 Å². The lowest BCUT2D eigenvalue weighted by Gasteiger charge is -2.30. The Morgan fingerprint density at radius 1 is 1.11 bits per heavy atom. The second-order valence-electron chi connectivity index (χ2n) is 7.24. The number of carbonyl (C=O) groups is 1. The second-order valence-corrected chi connectivity index (χ2v) is 8.93. The first-order chi connectivity index (χ1) is 13.3. The van der Waals surface area contributed by atoms with E-state index in [-0.39, 0.29) is 17.4 Å². The van der Waals surface area contributed by atoms with Gasteiger partial charge in [-0.3, -0.25) is 9.52 Å². The first-order valence-electron chi connectivity index (χ1n) is 9.44. The average molecular weight is 403 g/mol. The van der Waals surface area contributed by atoms with Crippen molar-refractivity contribution in [2.45, 2.75) is 31.6 Å². The lowest BCUT2D eigenvalue weighted by atomic mass is 9.99. The number of nitrogens with zero attached hydrogens (tertiary/aromatic N) is 1. The fourth-order valence-electron chi connectivity index (χ4n) is 3.10. The van der Waals surface area contributed by atoms with Crippen molar-refractivity contribution >= 4 is 21.6 Å². The fourth-order valence-corrected chi connectivity index (χ4v) is 4.23. The Hall–Kier alpha value is -2.54. The minimum atomic E-state index is -3.69. The van der Waals surface area contributed by atoms with Crippen molar-refractivity contribution in [2.75, 3.05) is 24.4 Å². The molecule has 150 valence electrons. The normalized spacial score (nSPS) is 15.3. The summed E-state index contributed by atoms with van der Waals surface area (Å²) >= 11 is 0. The number of para-hydroxylation sites is 1. The number of hydrogen-bond acceptors (Lipinski definition) is 4. The van der Waals surface area contributed by atoms with Gasteiger partial charge in [0.25, 0.3) is 15.9 Å². The number of carbonyl (C=O) groups excluding carboxylic acids is 1. The van der Waals surface area contributed by atoms with E-state index in [0.29, 0.717) is 17.4 Å². The number of amides is 1. The molecular weight excluding hydrogens is 376 g/mol. The molecule has 2 aromatic carbocycles. The lowest BCUT2D eigenvalue weighted by Crippen LogP contribution is -2.40. The quantitative estimate of drug-likeness (QED) is 0.803. The smallest absolute Gasteiger partial charge is 0.261 e. The summed E-state index contributed by atoms with van der Waals surface area (Å²) in [6, 6.07) is 13.3. The molecule has 6 nitrogen and oxygen atoms in total. The average Bonchev–Trinajstić information content (AvgIpc) is 2.69. The van der Waals surface area contributed by atoms with Crippen LogP contribution in [0.2, 0.25) is 0 Å². The van der Waals surface area contributed by atoms with E-state index in [9.17, 15) is 13.2 Å². The fraction of sp³-hybridized carbons (Fsp3) is 0.381. The van der Waals surface area contributed by atoms with Crippen LogP contribution in [0.3, 0.4) is 0 Å². The molecule has 0 saturated carbocycles. The number of anilines is 1. The van der Waals surface area contributed by atoms with E-state index in [1.807, 2.05) is 24.0 Å². The van der Waals surface area contributed by atoms with Crippen molar-refractivity contribution in [1.82, 2.24) is 4.90 Å². The monoisotopic (exact) mass is 402 g/mol. The van der Waals surface area contributed by atoms with Crippen molar-refractivity contribution in [1.29, 1.82) is 0 Å². The number of nitrogens with one attached hydrogen (secondary N) is 1. The number of ether oxygens (including phenoxy) is 1. The maximum absolute atomic E-state index is 12.6.